The predicted molar refractivity (Wildman–Crippen MR) is 92.0 cm³/mol. The molecule has 0 fully saturated rings. The first-order chi connectivity index (χ1) is 10.5. The third-order valence-corrected chi connectivity index (χ3v) is 3.82. The van der Waals surface area contributed by atoms with E-state index in [0.717, 1.165) is 22.3 Å². The maximum absolute atomic E-state index is 9.99. The molecule has 22 heavy (non-hydrogen) atoms. The van der Waals surface area contributed by atoms with Crippen molar-refractivity contribution in [2.75, 3.05) is 24.6 Å². The van der Waals surface area contributed by atoms with Gasteiger partial charge in [0.25, 0.3) is 0 Å². The maximum Gasteiger partial charge on any atom is 0.138 e. The SMILES string of the molecule is CCN(CCOc1cc(C)cc(O)c1)c1cc(Br)ccc1O. The second kappa shape index (κ2) is 7.40. The number of aromatic hydroxyl groups is 2. The Balaban J connectivity index is 2.00. The van der Waals surface area contributed by atoms with E-state index in [1.807, 2.05) is 30.9 Å². The van der Waals surface area contributed by atoms with E-state index in [2.05, 4.69) is 15.9 Å². The molecule has 118 valence electrons. The number of hydrogen-bond donors (Lipinski definition) is 2. The summed E-state index contributed by atoms with van der Waals surface area (Å²) in [5, 5.41) is 19.6. The third kappa shape index (κ3) is 4.31. The minimum atomic E-state index is 0.201. The van der Waals surface area contributed by atoms with Crippen LogP contribution in [-0.2, 0) is 0 Å². The van der Waals surface area contributed by atoms with Gasteiger partial charge in [0.15, 0.2) is 0 Å². The average molecular weight is 366 g/mol. The fraction of sp³-hybridized carbons (Fsp3) is 0.294. The number of halogens is 1. The highest BCUT2D eigenvalue weighted by Gasteiger charge is 2.10. The molecule has 2 N–H and O–H groups in total. The molecule has 2 aromatic carbocycles. The van der Waals surface area contributed by atoms with Gasteiger partial charge in [-0.25, -0.2) is 0 Å². The zero-order chi connectivity index (χ0) is 16.1. The van der Waals surface area contributed by atoms with Crippen molar-refractivity contribution in [3.05, 3.63) is 46.4 Å². The maximum atomic E-state index is 9.99. The highest BCUT2D eigenvalue weighted by molar-refractivity contribution is 9.10. The van der Waals surface area contributed by atoms with Crippen LogP contribution in [-0.4, -0.2) is 29.9 Å². The van der Waals surface area contributed by atoms with Gasteiger partial charge < -0.3 is 19.8 Å². The molecule has 0 spiro atoms. The molecule has 0 saturated heterocycles. The lowest BCUT2D eigenvalue weighted by atomic mass is 10.2. The Hall–Kier alpha value is -1.88. The second-order valence-corrected chi connectivity index (χ2v) is 5.98. The van der Waals surface area contributed by atoms with Crippen LogP contribution >= 0.6 is 15.9 Å². The number of benzene rings is 2. The van der Waals surface area contributed by atoms with Crippen LogP contribution in [0, 0.1) is 6.92 Å². The van der Waals surface area contributed by atoms with Crippen LogP contribution in [0.25, 0.3) is 0 Å². The Morgan fingerprint density at radius 2 is 1.91 bits per heavy atom. The van der Waals surface area contributed by atoms with Crippen molar-refractivity contribution in [3.63, 3.8) is 0 Å². The molecule has 5 heteroatoms. The summed E-state index contributed by atoms with van der Waals surface area (Å²) in [6, 6.07) is 10.5. The Kier molecular flexibility index (Phi) is 5.55. The standard InChI is InChI=1S/C17H20BrNO3/c1-3-19(16-10-13(18)4-5-17(16)21)6-7-22-15-9-12(2)8-14(20)11-15/h4-5,8-11,20-21H,3,6-7H2,1-2H3. The molecule has 0 saturated carbocycles. The molecule has 2 rings (SSSR count). The Labute approximate surface area is 139 Å². The van der Waals surface area contributed by atoms with Crippen molar-refractivity contribution >= 4 is 21.6 Å². The highest BCUT2D eigenvalue weighted by Crippen LogP contribution is 2.30. The second-order valence-electron chi connectivity index (χ2n) is 5.07. The summed E-state index contributed by atoms with van der Waals surface area (Å²) in [5.41, 5.74) is 1.72. The quantitative estimate of drug-likeness (QED) is 0.809. The van der Waals surface area contributed by atoms with Crippen molar-refractivity contribution in [1.29, 1.82) is 0 Å². The van der Waals surface area contributed by atoms with E-state index >= 15 is 0 Å². The molecule has 0 heterocycles. The number of phenols is 2. The molecule has 0 atom stereocenters. The molecule has 0 aliphatic heterocycles. The number of nitrogens with zero attached hydrogens (tertiary/aromatic N) is 1. The molecular weight excluding hydrogens is 346 g/mol. The van der Waals surface area contributed by atoms with Crippen LogP contribution in [0.3, 0.4) is 0 Å². The number of aryl methyl sites for hydroxylation is 1. The fourth-order valence-corrected chi connectivity index (χ4v) is 2.63. The van der Waals surface area contributed by atoms with Gasteiger partial charge in [0.2, 0.25) is 0 Å². The normalized spacial score (nSPS) is 10.5. The van der Waals surface area contributed by atoms with Crippen LogP contribution < -0.4 is 9.64 Å². The summed E-state index contributed by atoms with van der Waals surface area (Å²) >= 11 is 3.42. The van der Waals surface area contributed by atoms with Gasteiger partial charge in [-0.3, -0.25) is 0 Å². The Morgan fingerprint density at radius 1 is 1.14 bits per heavy atom. The van der Waals surface area contributed by atoms with Gasteiger partial charge in [-0.2, -0.15) is 0 Å². The van der Waals surface area contributed by atoms with Crippen LogP contribution in [0.5, 0.6) is 17.2 Å². The third-order valence-electron chi connectivity index (χ3n) is 3.33. The van der Waals surface area contributed by atoms with Crippen LogP contribution in [0.4, 0.5) is 5.69 Å². The number of ether oxygens (including phenoxy) is 1. The van der Waals surface area contributed by atoms with Gasteiger partial charge in [0, 0.05) is 17.1 Å². The van der Waals surface area contributed by atoms with E-state index in [-0.39, 0.29) is 11.5 Å². The van der Waals surface area contributed by atoms with Crippen molar-refractivity contribution in [2.24, 2.45) is 0 Å². The molecule has 0 amide bonds. The largest absolute Gasteiger partial charge is 0.508 e. The molecule has 4 nitrogen and oxygen atoms in total. The average Bonchev–Trinajstić information content (AvgIpc) is 2.45. The Morgan fingerprint density at radius 3 is 2.59 bits per heavy atom. The molecule has 0 radical (unpaired) electrons. The van der Waals surface area contributed by atoms with Crippen LogP contribution in [0.1, 0.15) is 12.5 Å². The minimum Gasteiger partial charge on any atom is -0.508 e. The van der Waals surface area contributed by atoms with Crippen molar-refractivity contribution < 1.29 is 14.9 Å². The lowest BCUT2D eigenvalue weighted by Crippen LogP contribution is -2.28. The number of hydrogen-bond acceptors (Lipinski definition) is 4. The monoisotopic (exact) mass is 365 g/mol. The van der Waals surface area contributed by atoms with Gasteiger partial charge in [-0.1, -0.05) is 15.9 Å². The number of phenolic OH excluding ortho intramolecular Hbond substituents is 2. The van der Waals surface area contributed by atoms with Gasteiger partial charge in [-0.05, 0) is 49.7 Å². The number of rotatable bonds is 6. The summed E-state index contributed by atoms with van der Waals surface area (Å²) in [4.78, 5) is 2.04. The van der Waals surface area contributed by atoms with E-state index in [1.165, 1.54) is 0 Å². The molecule has 0 aromatic heterocycles. The smallest absolute Gasteiger partial charge is 0.138 e. The Bertz CT molecular complexity index is 626. The molecule has 0 aliphatic rings. The lowest BCUT2D eigenvalue weighted by molar-refractivity contribution is 0.321. The van der Waals surface area contributed by atoms with E-state index < -0.39 is 0 Å². The van der Waals surface area contributed by atoms with Gasteiger partial charge >= 0.3 is 0 Å². The summed E-state index contributed by atoms with van der Waals surface area (Å²) in [6.45, 7) is 5.79. The summed E-state index contributed by atoms with van der Waals surface area (Å²) in [7, 11) is 0. The summed E-state index contributed by atoms with van der Waals surface area (Å²) in [5.74, 6) is 1.09. The zero-order valence-electron chi connectivity index (χ0n) is 12.7. The fourth-order valence-electron chi connectivity index (χ4n) is 2.28. The molecule has 2 aromatic rings. The van der Waals surface area contributed by atoms with Crippen LogP contribution in [0.2, 0.25) is 0 Å². The van der Waals surface area contributed by atoms with E-state index in [4.69, 9.17) is 4.74 Å². The minimum absolute atomic E-state index is 0.201. The first-order valence-corrected chi connectivity index (χ1v) is 7.96. The van der Waals surface area contributed by atoms with Gasteiger partial charge in [0.1, 0.15) is 23.9 Å². The first-order valence-electron chi connectivity index (χ1n) is 7.16. The summed E-state index contributed by atoms with van der Waals surface area (Å²) < 4.78 is 6.62. The van der Waals surface area contributed by atoms with Crippen molar-refractivity contribution in [2.45, 2.75) is 13.8 Å². The summed E-state index contributed by atoms with van der Waals surface area (Å²) in [6.07, 6.45) is 0. The lowest BCUT2D eigenvalue weighted by Gasteiger charge is -2.24. The number of anilines is 1. The molecule has 0 unspecified atom stereocenters. The van der Waals surface area contributed by atoms with Crippen molar-refractivity contribution in [1.82, 2.24) is 0 Å². The zero-order valence-corrected chi connectivity index (χ0v) is 14.3. The highest BCUT2D eigenvalue weighted by atomic mass is 79.9. The van der Waals surface area contributed by atoms with Gasteiger partial charge in [-0.15, -0.1) is 0 Å². The first kappa shape index (κ1) is 16.5. The number of likely N-dealkylation sites (N-methyl/N-ethyl adjacent to an activating group) is 1. The predicted octanol–water partition coefficient (Wildman–Crippen LogP) is 4.07. The molecular formula is C17H20BrNO3. The van der Waals surface area contributed by atoms with Crippen LogP contribution in [0.15, 0.2) is 40.9 Å². The van der Waals surface area contributed by atoms with E-state index in [0.29, 0.717) is 18.9 Å². The topological polar surface area (TPSA) is 52.9 Å². The molecule has 0 aliphatic carbocycles. The van der Waals surface area contributed by atoms with E-state index in [1.54, 1.807) is 24.3 Å². The molecule has 0 bridgehead atoms. The van der Waals surface area contributed by atoms with Gasteiger partial charge in [0.05, 0.1) is 12.2 Å². The van der Waals surface area contributed by atoms with E-state index in [9.17, 15) is 10.2 Å². The van der Waals surface area contributed by atoms with Crippen molar-refractivity contribution in [3.8, 4) is 17.2 Å².